The molecule has 1 heterocycles. The predicted molar refractivity (Wildman–Crippen MR) is 71.8 cm³/mol. The lowest BCUT2D eigenvalue weighted by molar-refractivity contribution is 0.614. The lowest BCUT2D eigenvalue weighted by atomic mass is 10.2. The van der Waals surface area contributed by atoms with Crippen LogP contribution in [0.4, 0.5) is 0 Å². The molecule has 0 unspecified atom stereocenters. The fraction of sp³-hybridized carbons (Fsp3) is 0.667. The van der Waals surface area contributed by atoms with E-state index in [1.165, 1.54) is 25.7 Å². The number of hydrogen-bond donors (Lipinski definition) is 3. The third-order valence-corrected chi connectivity index (χ3v) is 3.36. The van der Waals surface area contributed by atoms with Crippen molar-refractivity contribution in [1.82, 2.24) is 20.5 Å². The summed E-state index contributed by atoms with van der Waals surface area (Å²) in [4.78, 5) is 4.47. The summed E-state index contributed by atoms with van der Waals surface area (Å²) in [6.07, 6.45) is 6.97. The molecule has 1 fully saturated rings. The smallest absolute Gasteiger partial charge is 0.206 e. The predicted octanol–water partition coefficient (Wildman–Crippen LogP) is 0.580. The second kappa shape index (κ2) is 5.86. The van der Waals surface area contributed by atoms with Crippen LogP contribution in [0, 0.1) is 6.92 Å². The molecule has 4 N–H and O–H groups in total. The van der Waals surface area contributed by atoms with Gasteiger partial charge in [0, 0.05) is 24.8 Å². The number of aliphatic imine (C=N–C) groups is 1. The van der Waals surface area contributed by atoms with Gasteiger partial charge in [0.05, 0.1) is 12.2 Å². The van der Waals surface area contributed by atoms with E-state index in [2.05, 4.69) is 20.8 Å². The summed E-state index contributed by atoms with van der Waals surface area (Å²) < 4.78 is 1.81. The molecule has 1 aliphatic rings. The molecule has 0 atom stereocenters. The van der Waals surface area contributed by atoms with Gasteiger partial charge in [0.15, 0.2) is 0 Å². The molecule has 0 bridgehead atoms. The molecule has 0 aliphatic heterocycles. The first kappa shape index (κ1) is 12.9. The lowest BCUT2D eigenvalue weighted by Gasteiger charge is -2.14. The largest absolute Gasteiger partial charge is 0.353 e. The minimum absolute atomic E-state index is 0.509. The Morgan fingerprint density at radius 3 is 2.83 bits per heavy atom. The zero-order chi connectivity index (χ0) is 13.0. The van der Waals surface area contributed by atoms with Gasteiger partial charge in [-0.25, -0.2) is 10.8 Å². The van der Waals surface area contributed by atoms with Crippen LogP contribution in [0.2, 0.25) is 0 Å². The van der Waals surface area contributed by atoms with Crippen LogP contribution in [0.25, 0.3) is 0 Å². The highest BCUT2D eigenvalue weighted by molar-refractivity contribution is 5.79. The van der Waals surface area contributed by atoms with E-state index in [-0.39, 0.29) is 0 Å². The maximum absolute atomic E-state index is 5.49. The maximum atomic E-state index is 5.49. The third kappa shape index (κ3) is 3.22. The van der Waals surface area contributed by atoms with Crippen LogP contribution in [0.5, 0.6) is 0 Å². The Labute approximate surface area is 108 Å². The summed E-state index contributed by atoms with van der Waals surface area (Å²) in [6, 6.07) is 0.509. The van der Waals surface area contributed by atoms with Crippen molar-refractivity contribution in [2.45, 2.75) is 45.2 Å². The molecule has 1 aliphatic carbocycles. The zero-order valence-corrected chi connectivity index (χ0v) is 11.1. The van der Waals surface area contributed by atoms with Gasteiger partial charge in [-0.3, -0.25) is 10.1 Å². The van der Waals surface area contributed by atoms with Gasteiger partial charge in [0.25, 0.3) is 0 Å². The summed E-state index contributed by atoms with van der Waals surface area (Å²) in [5.41, 5.74) is 4.77. The zero-order valence-electron chi connectivity index (χ0n) is 11.1. The van der Waals surface area contributed by atoms with Crippen LogP contribution in [-0.2, 0) is 13.6 Å². The Morgan fingerprint density at radius 2 is 2.28 bits per heavy atom. The van der Waals surface area contributed by atoms with Gasteiger partial charge in [-0.15, -0.1) is 0 Å². The Kier molecular flexibility index (Phi) is 4.19. The van der Waals surface area contributed by atoms with Crippen molar-refractivity contribution in [3.8, 4) is 0 Å². The molecule has 2 rings (SSSR count). The first-order valence-corrected chi connectivity index (χ1v) is 6.45. The van der Waals surface area contributed by atoms with Gasteiger partial charge in [-0.1, -0.05) is 12.8 Å². The first-order chi connectivity index (χ1) is 8.69. The van der Waals surface area contributed by atoms with Gasteiger partial charge in [-0.05, 0) is 19.8 Å². The van der Waals surface area contributed by atoms with Crippen LogP contribution in [-0.4, -0.2) is 21.8 Å². The minimum atomic E-state index is 0.509. The summed E-state index contributed by atoms with van der Waals surface area (Å²) in [5.74, 6) is 6.17. The summed E-state index contributed by atoms with van der Waals surface area (Å²) in [5, 5.41) is 7.64. The number of guanidine groups is 1. The Bertz CT molecular complexity index is 416. The molecule has 0 saturated heterocycles. The molecule has 0 radical (unpaired) electrons. The number of nitrogens with zero attached hydrogens (tertiary/aromatic N) is 3. The number of aryl methyl sites for hydroxylation is 2. The highest BCUT2D eigenvalue weighted by atomic mass is 15.3. The Balaban J connectivity index is 1.94. The molecular weight excluding hydrogens is 228 g/mol. The molecule has 0 amide bonds. The molecular formula is C12H22N6. The second-order valence-electron chi connectivity index (χ2n) is 4.85. The normalized spacial score (nSPS) is 17.2. The van der Waals surface area contributed by atoms with Crippen molar-refractivity contribution in [3.63, 3.8) is 0 Å². The van der Waals surface area contributed by atoms with E-state index in [0.717, 1.165) is 11.3 Å². The molecule has 18 heavy (non-hydrogen) atoms. The van der Waals surface area contributed by atoms with Gasteiger partial charge in [0.1, 0.15) is 0 Å². The second-order valence-corrected chi connectivity index (χ2v) is 4.85. The molecule has 6 nitrogen and oxygen atoms in total. The number of nitrogens with one attached hydrogen (secondary N) is 2. The van der Waals surface area contributed by atoms with Gasteiger partial charge < -0.3 is 5.32 Å². The highest BCUT2D eigenvalue weighted by Crippen LogP contribution is 2.17. The van der Waals surface area contributed by atoms with Crippen LogP contribution < -0.4 is 16.6 Å². The maximum Gasteiger partial charge on any atom is 0.206 e. The average Bonchev–Trinajstić information content (AvgIpc) is 2.94. The van der Waals surface area contributed by atoms with Crippen LogP contribution in [0.3, 0.4) is 0 Å². The Morgan fingerprint density at radius 1 is 1.56 bits per heavy atom. The van der Waals surface area contributed by atoms with E-state index in [4.69, 9.17) is 5.84 Å². The van der Waals surface area contributed by atoms with Crippen molar-refractivity contribution >= 4 is 5.96 Å². The average molecular weight is 250 g/mol. The third-order valence-electron chi connectivity index (χ3n) is 3.36. The Hall–Kier alpha value is -1.56. The monoisotopic (exact) mass is 250 g/mol. The van der Waals surface area contributed by atoms with Gasteiger partial charge >= 0.3 is 0 Å². The number of rotatable bonds is 3. The number of aromatic nitrogens is 2. The van der Waals surface area contributed by atoms with E-state index >= 15 is 0 Å². The van der Waals surface area contributed by atoms with Gasteiger partial charge in [-0.2, -0.15) is 5.10 Å². The topological polar surface area (TPSA) is 80.3 Å². The van der Waals surface area contributed by atoms with Crippen molar-refractivity contribution in [3.05, 3.63) is 17.5 Å². The molecule has 6 heteroatoms. The number of nitrogens with two attached hydrogens (primary N) is 1. The van der Waals surface area contributed by atoms with Gasteiger partial charge in [0.2, 0.25) is 5.96 Å². The summed E-state index contributed by atoms with van der Waals surface area (Å²) in [6.45, 7) is 2.59. The molecule has 100 valence electrons. The van der Waals surface area contributed by atoms with E-state index in [1.807, 2.05) is 20.2 Å². The number of hydrazine groups is 1. The van der Waals surface area contributed by atoms with Crippen LogP contribution >= 0.6 is 0 Å². The molecule has 0 spiro atoms. The summed E-state index contributed by atoms with van der Waals surface area (Å²) >= 11 is 0. The number of hydrogen-bond acceptors (Lipinski definition) is 3. The molecule has 1 aromatic heterocycles. The van der Waals surface area contributed by atoms with E-state index in [1.54, 1.807) is 4.68 Å². The standard InChI is InChI=1S/C12H22N6/c1-9-10(8-18(2)17-9)7-14-12(16-13)15-11-5-3-4-6-11/h8,11H,3-7,13H2,1-2H3,(H2,14,15,16). The van der Waals surface area contributed by atoms with E-state index in [0.29, 0.717) is 18.5 Å². The molecule has 1 saturated carbocycles. The lowest BCUT2D eigenvalue weighted by Crippen LogP contribution is -2.45. The molecule has 1 aromatic rings. The minimum Gasteiger partial charge on any atom is -0.353 e. The van der Waals surface area contributed by atoms with E-state index < -0.39 is 0 Å². The first-order valence-electron chi connectivity index (χ1n) is 6.45. The SMILES string of the molecule is Cc1nn(C)cc1CN=C(NN)NC1CCCC1. The van der Waals surface area contributed by atoms with Crippen molar-refractivity contribution in [2.24, 2.45) is 17.9 Å². The van der Waals surface area contributed by atoms with Crippen LogP contribution in [0.1, 0.15) is 36.9 Å². The van der Waals surface area contributed by atoms with E-state index in [9.17, 15) is 0 Å². The highest BCUT2D eigenvalue weighted by Gasteiger charge is 2.15. The molecule has 0 aromatic carbocycles. The van der Waals surface area contributed by atoms with Crippen molar-refractivity contribution < 1.29 is 0 Å². The van der Waals surface area contributed by atoms with Crippen LogP contribution in [0.15, 0.2) is 11.2 Å². The van der Waals surface area contributed by atoms with Crippen molar-refractivity contribution in [1.29, 1.82) is 0 Å². The quantitative estimate of drug-likeness (QED) is 0.317. The fourth-order valence-electron chi connectivity index (χ4n) is 2.36. The van der Waals surface area contributed by atoms with Crippen molar-refractivity contribution in [2.75, 3.05) is 0 Å². The fourth-order valence-corrected chi connectivity index (χ4v) is 2.36. The summed E-state index contributed by atoms with van der Waals surface area (Å²) in [7, 11) is 1.92.